The van der Waals surface area contributed by atoms with Crippen molar-refractivity contribution in [1.29, 1.82) is 0 Å². The minimum Gasteiger partial charge on any atom is -0.497 e. The van der Waals surface area contributed by atoms with Crippen molar-refractivity contribution in [2.24, 2.45) is 5.92 Å². The van der Waals surface area contributed by atoms with E-state index in [9.17, 15) is 0 Å². The molecule has 0 amide bonds. The second-order valence-corrected chi connectivity index (χ2v) is 6.13. The monoisotopic (exact) mass is 296 g/mol. The van der Waals surface area contributed by atoms with Gasteiger partial charge in [0.25, 0.3) is 0 Å². The molecule has 1 aromatic rings. The number of benzene rings is 1. The van der Waals surface area contributed by atoms with Gasteiger partial charge in [-0.3, -0.25) is 0 Å². The zero-order valence-electron chi connectivity index (χ0n) is 12.8. The van der Waals surface area contributed by atoms with E-state index in [-0.39, 0.29) is 0 Å². The fraction of sp³-hybridized carbons (Fsp3) is 0.625. The van der Waals surface area contributed by atoms with Crippen molar-refractivity contribution in [1.82, 2.24) is 5.32 Å². The van der Waals surface area contributed by atoms with Crippen LogP contribution >= 0.6 is 11.6 Å². The maximum Gasteiger partial charge on any atom is 0.121 e. The maximum absolute atomic E-state index is 6.40. The van der Waals surface area contributed by atoms with E-state index in [1.54, 1.807) is 7.11 Å². The summed E-state index contributed by atoms with van der Waals surface area (Å²) in [6, 6.07) is 6.81. The molecule has 0 saturated carbocycles. The maximum atomic E-state index is 6.40. The second kappa shape index (κ2) is 6.68. The summed E-state index contributed by atoms with van der Waals surface area (Å²) >= 11 is 6.40. The van der Waals surface area contributed by atoms with Gasteiger partial charge in [0, 0.05) is 31.2 Å². The first-order valence-electron chi connectivity index (χ1n) is 7.40. The van der Waals surface area contributed by atoms with Crippen molar-refractivity contribution in [2.75, 3.05) is 25.1 Å². The predicted octanol–water partition coefficient (Wildman–Crippen LogP) is 3.56. The second-order valence-electron chi connectivity index (χ2n) is 5.72. The fourth-order valence-electron chi connectivity index (χ4n) is 2.73. The highest BCUT2D eigenvalue weighted by molar-refractivity contribution is 6.33. The molecule has 4 heteroatoms. The van der Waals surface area contributed by atoms with Crippen LogP contribution in [0.25, 0.3) is 0 Å². The molecule has 0 aliphatic carbocycles. The van der Waals surface area contributed by atoms with E-state index in [2.05, 4.69) is 31.0 Å². The first kappa shape index (κ1) is 15.5. The van der Waals surface area contributed by atoms with Gasteiger partial charge in [-0.2, -0.15) is 0 Å². The molecule has 0 spiro atoms. The van der Waals surface area contributed by atoms with Crippen molar-refractivity contribution in [3.8, 4) is 5.75 Å². The highest BCUT2D eigenvalue weighted by atomic mass is 35.5. The lowest BCUT2D eigenvalue weighted by atomic mass is 9.95. The van der Waals surface area contributed by atoms with Gasteiger partial charge in [-0.15, -0.1) is 0 Å². The summed E-state index contributed by atoms with van der Waals surface area (Å²) in [4.78, 5) is 2.40. The van der Waals surface area contributed by atoms with Crippen LogP contribution < -0.4 is 15.0 Å². The number of rotatable bonds is 4. The molecule has 3 unspecified atom stereocenters. The van der Waals surface area contributed by atoms with E-state index < -0.39 is 0 Å². The summed E-state index contributed by atoms with van der Waals surface area (Å²) in [5.74, 6) is 1.52. The van der Waals surface area contributed by atoms with Crippen molar-refractivity contribution >= 4 is 17.3 Å². The minimum absolute atomic E-state index is 0.430. The van der Waals surface area contributed by atoms with Crippen LogP contribution in [0.4, 0.5) is 5.69 Å². The van der Waals surface area contributed by atoms with Crippen molar-refractivity contribution in [3.05, 3.63) is 23.2 Å². The first-order valence-corrected chi connectivity index (χ1v) is 7.78. The molecule has 1 heterocycles. The van der Waals surface area contributed by atoms with Gasteiger partial charge in [0.05, 0.1) is 17.8 Å². The third kappa shape index (κ3) is 3.21. The van der Waals surface area contributed by atoms with Crippen molar-refractivity contribution in [2.45, 2.75) is 39.3 Å². The highest BCUT2D eigenvalue weighted by Crippen LogP contribution is 2.33. The minimum atomic E-state index is 0.430. The van der Waals surface area contributed by atoms with Crippen LogP contribution in [0.2, 0.25) is 5.02 Å². The Bertz CT molecular complexity index is 452. The molecule has 1 aromatic carbocycles. The van der Waals surface area contributed by atoms with Gasteiger partial charge in [0.1, 0.15) is 5.75 Å². The van der Waals surface area contributed by atoms with Crippen LogP contribution in [0.3, 0.4) is 0 Å². The number of ether oxygens (including phenoxy) is 1. The predicted molar refractivity (Wildman–Crippen MR) is 86.1 cm³/mol. The van der Waals surface area contributed by atoms with Crippen LogP contribution in [-0.4, -0.2) is 32.3 Å². The van der Waals surface area contributed by atoms with Gasteiger partial charge in [0.2, 0.25) is 0 Å². The number of methoxy groups -OCH3 is 1. The van der Waals surface area contributed by atoms with Crippen molar-refractivity contribution < 1.29 is 4.74 Å². The zero-order chi connectivity index (χ0) is 14.7. The highest BCUT2D eigenvalue weighted by Gasteiger charge is 2.29. The molecule has 1 aliphatic rings. The molecule has 3 nitrogen and oxygen atoms in total. The van der Waals surface area contributed by atoms with E-state index in [0.717, 1.165) is 29.5 Å². The normalized spacial score (nSPS) is 24.6. The topological polar surface area (TPSA) is 24.5 Å². The molecular weight excluding hydrogens is 272 g/mol. The van der Waals surface area contributed by atoms with Gasteiger partial charge in [0.15, 0.2) is 0 Å². The molecule has 112 valence electrons. The van der Waals surface area contributed by atoms with E-state index >= 15 is 0 Å². The summed E-state index contributed by atoms with van der Waals surface area (Å²) in [7, 11) is 1.69. The molecule has 2 rings (SSSR count). The smallest absolute Gasteiger partial charge is 0.121 e. The summed E-state index contributed by atoms with van der Waals surface area (Å²) in [6.45, 7) is 8.76. The van der Waals surface area contributed by atoms with E-state index in [1.807, 2.05) is 18.2 Å². The number of piperazine rings is 1. The number of anilines is 1. The lowest BCUT2D eigenvalue weighted by Crippen LogP contribution is -2.57. The van der Waals surface area contributed by atoms with Crippen LogP contribution in [-0.2, 0) is 0 Å². The Morgan fingerprint density at radius 2 is 2.25 bits per heavy atom. The van der Waals surface area contributed by atoms with Crippen molar-refractivity contribution in [3.63, 3.8) is 0 Å². The summed E-state index contributed by atoms with van der Waals surface area (Å²) < 4.78 is 5.33. The number of hydrogen-bond acceptors (Lipinski definition) is 3. The molecule has 0 radical (unpaired) electrons. The molecule has 1 N–H and O–H groups in total. The standard InChI is InChI=1S/C16H25ClN2O/c1-5-11(2)15-10-19(12(3)9-18-15)16-8-13(20-4)6-7-14(16)17/h6-8,11-12,15,18H,5,9-10H2,1-4H3. The zero-order valence-corrected chi connectivity index (χ0v) is 13.6. The van der Waals surface area contributed by atoms with E-state index in [1.165, 1.54) is 6.42 Å². The van der Waals surface area contributed by atoms with Gasteiger partial charge >= 0.3 is 0 Å². The van der Waals surface area contributed by atoms with E-state index in [0.29, 0.717) is 18.0 Å². The summed E-state index contributed by atoms with van der Waals surface area (Å²) in [5.41, 5.74) is 1.08. The Kier molecular flexibility index (Phi) is 5.17. The third-order valence-electron chi connectivity index (χ3n) is 4.39. The van der Waals surface area contributed by atoms with Crippen LogP contribution in [0, 0.1) is 5.92 Å². The molecule has 20 heavy (non-hydrogen) atoms. The third-order valence-corrected chi connectivity index (χ3v) is 4.71. The molecular formula is C16H25ClN2O. The molecule has 1 saturated heterocycles. The Hall–Kier alpha value is -0.930. The van der Waals surface area contributed by atoms with Crippen LogP contribution in [0.1, 0.15) is 27.2 Å². The van der Waals surface area contributed by atoms with Crippen LogP contribution in [0.5, 0.6) is 5.75 Å². The Morgan fingerprint density at radius 3 is 2.90 bits per heavy atom. The Labute approximate surface area is 127 Å². The fourth-order valence-corrected chi connectivity index (χ4v) is 2.96. The van der Waals surface area contributed by atoms with E-state index in [4.69, 9.17) is 16.3 Å². The Morgan fingerprint density at radius 1 is 1.50 bits per heavy atom. The first-order chi connectivity index (χ1) is 9.56. The number of nitrogens with one attached hydrogen (secondary N) is 1. The molecule has 1 fully saturated rings. The molecule has 1 aliphatic heterocycles. The van der Waals surface area contributed by atoms with Crippen LogP contribution in [0.15, 0.2) is 18.2 Å². The Balaban J connectivity index is 2.24. The lowest BCUT2D eigenvalue weighted by Gasteiger charge is -2.42. The lowest BCUT2D eigenvalue weighted by molar-refractivity contribution is 0.315. The molecule has 0 aromatic heterocycles. The van der Waals surface area contributed by atoms with Gasteiger partial charge in [-0.25, -0.2) is 0 Å². The molecule has 3 atom stereocenters. The largest absolute Gasteiger partial charge is 0.497 e. The average molecular weight is 297 g/mol. The van der Waals surface area contributed by atoms with Gasteiger partial charge in [-0.05, 0) is 25.0 Å². The summed E-state index contributed by atoms with van der Waals surface area (Å²) in [6.07, 6.45) is 1.19. The molecule has 0 bridgehead atoms. The quantitative estimate of drug-likeness (QED) is 0.919. The summed E-state index contributed by atoms with van der Waals surface area (Å²) in [5, 5.41) is 4.45. The SMILES string of the molecule is CCC(C)C1CN(c2cc(OC)ccc2Cl)C(C)CN1. The van der Waals surface area contributed by atoms with Gasteiger partial charge < -0.3 is 15.0 Å². The van der Waals surface area contributed by atoms with Gasteiger partial charge in [-0.1, -0.05) is 31.9 Å². The number of hydrogen-bond donors (Lipinski definition) is 1. The average Bonchev–Trinajstić information content (AvgIpc) is 2.48. The number of halogens is 1. The number of nitrogens with zero attached hydrogens (tertiary/aromatic N) is 1.